The summed E-state index contributed by atoms with van der Waals surface area (Å²) in [4.78, 5) is 25.6. The normalized spacial score (nSPS) is 20.1. The number of carboxylic acid groups (broad SMARTS) is 1. The van der Waals surface area contributed by atoms with Gasteiger partial charge in [-0.1, -0.05) is 35.3 Å². The van der Waals surface area contributed by atoms with E-state index >= 15 is 0 Å². The minimum absolute atomic E-state index is 0.0849. The van der Waals surface area contributed by atoms with Gasteiger partial charge in [-0.2, -0.15) is 13.2 Å². The van der Waals surface area contributed by atoms with Crippen LogP contribution in [0.1, 0.15) is 28.8 Å². The topological polar surface area (TPSA) is 125 Å². The smallest absolute Gasteiger partial charge is 0.490 e. The van der Waals surface area contributed by atoms with Gasteiger partial charge >= 0.3 is 12.1 Å². The van der Waals surface area contributed by atoms with Crippen molar-refractivity contribution in [2.45, 2.75) is 43.8 Å². The largest absolute Gasteiger partial charge is 0.506 e. The Morgan fingerprint density at radius 1 is 1.07 bits per heavy atom. The number of hydrogen-bond donors (Lipinski definition) is 5. The number of nitrogens with zero attached hydrogens (tertiary/aromatic N) is 2. The number of β-amino-alcohol motifs (C(OH)–C–C–N with tert-alkyl or cyclic N) is 1. The number of phenols is 1. The van der Waals surface area contributed by atoms with Crippen molar-refractivity contribution in [3.05, 3.63) is 57.6 Å². The van der Waals surface area contributed by atoms with Gasteiger partial charge < -0.3 is 30.9 Å². The number of likely N-dealkylation sites (tertiary alicyclic amines) is 1. The SMILES string of the molecule is CNC(=O)c1cc(Cl)c(O)cc1N1C[C@@H](O)[C@H](NC2CCN(Cc3ccc(Cl)cc3)CC2)C1.O=C(O)C(F)(F)F. The molecule has 2 heterocycles. The third kappa shape index (κ3) is 8.61. The highest BCUT2D eigenvalue weighted by Crippen LogP contribution is 2.34. The number of piperidine rings is 1. The van der Waals surface area contributed by atoms with Crippen LogP contribution in [0.25, 0.3) is 0 Å². The second kappa shape index (κ2) is 13.7. The fraction of sp³-hybridized carbons (Fsp3) is 0.462. The zero-order valence-electron chi connectivity index (χ0n) is 21.6. The Kier molecular flexibility index (Phi) is 10.9. The van der Waals surface area contributed by atoms with Gasteiger partial charge in [0.15, 0.2) is 0 Å². The van der Waals surface area contributed by atoms with Gasteiger partial charge in [0, 0.05) is 43.8 Å². The van der Waals surface area contributed by atoms with E-state index in [-0.39, 0.29) is 22.7 Å². The molecule has 2 aromatic carbocycles. The molecular weight excluding hydrogens is 576 g/mol. The second-order valence-corrected chi connectivity index (χ2v) is 10.5. The van der Waals surface area contributed by atoms with Gasteiger partial charge in [0.05, 0.1) is 28.4 Å². The van der Waals surface area contributed by atoms with E-state index in [0.717, 1.165) is 37.5 Å². The second-order valence-electron chi connectivity index (χ2n) is 9.63. The molecule has 2 atom stereocenters. The van der Waals surface area contributed by atoms with Crippen molar-refractivity contribution in [3.63, 3.8) is 0 Å². The standard InChI is InChI=1S/C24H30Cl2N4O3.C2HF3O2/c1-27-24(33)18-10-19(26)22(31)11-21(18)30-13-20(23(32)14-30)28-17-6-8-29(9-7-17)12-15-2-4-16(25)5-3-15;3-2(4,5)1(6)7/h2-5,10-11,17,20,23,28,31-32H,6-9,12-14H2,1H3,(H,27,33);(H,6,7)/t20-,23-;/m1./s1. The van der Waals surface area contributed by atoms with Crippen molar-refractivity contribution in [1.82, 2.24) is 15.5 Å². The minimum atomic E-state index is -5.08. The lowest BCUT2D eigenvalue weighted by Gasteiger charge is -2.34. The molecule has 4 rings (SSSR count). The van der Waals surface area contributed by atoms with E-state index < -0.39 is 18.2 Å². The van der Waals surface area contributed by atoms with Crippen molar-refractivity contribution in [2.75, 3.05) is 38.1 Å². The van der Waals surface area contributed by atoms with Gasteiger partial charge in [0.1, 0.15) is 5.75 Å². The summed E-state index contributed by atoms with van der Waals surface area (Å²) in [6.07, 6.45) is -3.66. The molecule has 9 nitrogen and oxygen atoms in total. The number of carbonyl (C=O) groups is 2. The van der Waals surface area contributed by atoms with Crippen molar-refractivity contribution >= 4 is 40.8 Å². The number of aliphatic carboxylic acids is 1. The molecule has 0 unspecified atom stereocenters. The number of benzene rings is 2. The van der Waals surface area contributed by atoms with Crippen molar-refractivity contribution < 1.29 is 38.1 Å². The molecule has 2 aromatic rings. The van der Waals surface area contributed by atoms with Crippen LogP contribution in [0.5, 0.6) is 5.75 Å². The Hall–Kier alpha value is -2.77. The maximum absolute atomic E-state index is 12.3. The van der Waals surface area contributed by atoms with Gasteiger partial charge in [-0.25, -0.2) is 4.79 Å². The molecule has 5 N–H and O–H groups in total. The molecule has 0 saturated carbocycles. The number of aliphatic hydroxyl groups excluding tert-OH is 1. The zero-order chi connectivity index (χ0) is 29.6. The lowest BCUT2D eigenvalue weighted by Crippen LogP contribution is -2.49. The van der Waals surface area contributed by atoms with Crippen LogP contribution in [-0.2, 0) is 11.3 Å². The van der Waals surface area contributed by atoms with Crippen molar-refractivity contribution in [3.8, 4) is 5.75 Å². The van der Waals surface area contributed by atoms with Crippen LogP contribution in [0, 0.1) is 0 Å². The summed E-state index contributed by atoms with van der Waals surface area (Å²) < 4.78 is 31.7. The van der Waals surface area contributed by atoms with Gasteiger partial charge in [-0.05, 0) is 49.7 Å². The van der Waals surface area contributed by atoms with Crippen LogP contribution in [0.4, 0.5) is 18.9 Å². The third-order valence-electron chi connectivity index (χ3n) is 6.77. The number of aromatic hydroxyl groups is 1. The molecule has 1 amide bonds. The van der Waals surface area contributed by atoms with E-state index in [1.807, 2.05) is 17.0 Å². The highest BCUT2D eigenvalue weighted by atomic mass is 35.5. The van der Waals surface area contributed by atoms with E-state index in [0.29, 0.717) is 30.4 Å². The van der Waals surface area contributed by atoms with Crippen LogP contribution >= 0.6 is 23.2 Å². The molecule has 0 spiro atoms. The molecule has 0 bridgehead atoms. The highest BCUT2D eigenvalue weighted by Gasteiger charge is 2.38. The number of rotatable bonds is 6. The molecule has 2 fully saturated rings. The van der Waals surface area contributed by atoms with Crippen LogP contribution in [0.15, 0.2) is 36.4 Å². The first-order valence-electron chi connectivity index (χ1n) is 12.5. The number of nitrogens with one attached hydrogen (secondary N) is 2. The number of carbonyl (C=O) groups excluding carboxylic acids is 1. The first-order chi connectivity index (χ1) is 18.8. The Balaban J connectivity index is 0.000000559. The monoisotopic (exact) mass is 606 g/mol. The fourth-order valence-electron chi connectivity index (χ4n) is 4.68. The number of alkyl halides is 3. The fourth-order valence-corrected chi connectivity index (χ4v) is 4.97. The number of aliphatic hydroxyl groups is 1. The van der Waals surface area contributed by atoms with E-state index in [1.54, 1.807) is 7.05 Å². The quantitative estimate of drug-likeness (QED) is 0.338. The van der Waals surface area contributed by atoms with Crippen LogP contribution in [0.3, 0.4) is 0 Å². The molecule has 2 aliphatic rings. The predicted molar refractivity (Wildman–Crippen MR) is 145 cm³/mol. The molecule has 0 aromatic heterocycles. The van der Waals surface area contributed by atoms with Crippen LogP contribution in [-0.4, -0.2) is 89.7 Å². The van der Waals surface area contributed by atoms with Crippen molar-refractivity contribution in [2.24, 2.45) is 0 Å². The Morgan fingerprint density at radius 2 is 1.68 bits per heavy atom. The Bertz CT molecular complexity index is 1180. The maximum atomic E-state index is 12.3. The molecule has 2 aliphatic heterocycles. The highest BCUT2D eigenvalue weighted by molar-refractivity contribution is 6.32. The van der Waals surface area contributed by atoms with E-state index in [1.165, 1.54) is 17.7 Å². The van der Waals surface area contributed by atoms with Crippen molar-refractivity contribution in [1.29, 1.82) is 0 Å². The first kappa shape index (κ1) is 31.8. The summed E-state index contributed by atoms with van der Waals surface area (Å²) in [5.74, 6) is -3.13. The molecular formula is C26H31Cl2F3N4O5. The maximum Gasteiger partial charge on any atom is 0.490 e. The predicted octanol–water partition coefficient (Wildman–Crippen LogP) is 3.50. The van der Waals surface area contributed by atoms with Crippen LogP contribution in [0.2, 0.25) is 10.0 Å². The number of hydrogen-bond acceptors (Lipinski definition) is 7. The van der Waals surface area contributed by atoms with E-state index in [4.69, 9.17) is 33.1 Å². The van der Waals surface area contributed by atoms with Gasteiger partial charge in [-0.15, -0.1) is 0 Å². The van der Waals surface area contributed by atoms with Gasteiger partial charge in [0.25, 0.3) is 5.91 Å². The van der Waals surface area contributed by atoms with Gasteiger partial charge in [-0.3, -0.25) is 9.69 Å². The summed E-state index contributed by atoms with van der Waals surface area (Å²) >= 11 is 12.0. The molecule has 220 valence electrons. The number of anilines is 1. The van der Waals surface area contributed by atoms with Gasteiger partial charge in [0.2, 0.25) is 0 Å². The lowest BCUT2D eigenvalue weighted by atomic mass is 10.0. The number of amides is 1. The number of phenolic OH excluding ortho intramolecular Hbond substituents is 1. The minimum Gasteiger partial charge on any atom is -0.506 e. The molecule has 40 heavy (non-hydrogen) atoms. The molecule has 2 saturated heterocycles. The Morgan fingerprint density at radius 3 is 2.23 bits per heavy atom. The number of halogens is 5. The summed E-state index contributed by atoms with van der Waals surface area (Å²) in [7, 11) is 1.55. The summed E-state index contributed by atoms with van der Waals surface area (Å²) in [6.45, 7) is 3.79. The zero-order valence-corrected chi connectivity index (χ0v) is 23.1. The lowest BCUT2D eigenvalue weighted by molar-refractivity contribution is -0.192. The molecule has 0 radical (unpaired) electrons. The third-order valence-corrected chi connectivity index (χ3v) is 7.32. The molecule has 0 aliphatic carbocycles. The summed E-state index contributed by atoms with van der Waals surface area (Å²) in [6, 6.07) is 11.2. The number of carboxylic acids is 1. The Labute approximate surface area is 239 Å². The van der Waals surface area contributed by atoms with E-state index in [9.17, 15) is 28.2 Å². The molecule has 14 heteroatoms. The first-order valence-corrected chi connectivity index (χ1v) is 13.2. The average Bonchev–Trinajstić information content (AvgIpc) is 3.26. The van der Waals surface area contributed by atoms with E-state index in [2.05, 4.69) is 27.7 Å². The average molecular weight is 607 g/mol. The summed E-state index contributed by atoms with van der Waals surface area (Å²) in [5, 5.41) is 35.0. The van der Waals surface area contributed by atoms with Crippen LogP contribution < -0.4 is 15.5 Å². The summed E-state index contributed by atoms with van der Waals surface area (Å²) in [5.41, 5.74) is 2.20.